The van der Waals surface area contributed by atoms with Gasteiger partial charge in [-0.3, -0.25) is 9.59 Å². The summed E-state index contributed by atoms with van der Waals surface area (Å²) < 4.78 is 5.24. The van der Waals surface area contributed by atoms with Crippen LogP contribution in [0.15, 0.2) is 42.5 Å². The largest absolute Gasteiger partial charge is 0.457 e. The van der Waals surface area contributed by atoms with E-state index in [0.29, 0.717) is 24.8 Å². The van der Waals surface area contributed by atoms with E-state index >= 15 is 0 Å². The number of carbonyl (C=O) groups is 3. The van der Waals surface area contributed by atoms with E-state index in [4.69, 9.17) is 4.74 Å². The maximum Gasteiger partial charge on any atom is 0.337 e. The van der Waals surface area contributed by atoms with Gasteiger partial charge in [0.1, 0.15) is 18.0 Å². The highest BCUT2D eigenvalue weighted by Gasteiger charge is 2.57. The van der Waals surface area contributed by atoms with Crippen molar-refractivity contribution in [2.75, 3.05) is 6.61 Å². The molecule has 1 aliphatic heterocycles. The van der Waals surface area contributed by atoms with Crippen LogP contribution in [0.2, 0.25) is 0 Å². The molecule has 0 radical (unpaired) electrons. The number of hydrogen-bond acceptors (Lipinski definition) is 6. The molecule has 0 aromatic heterocycles. The number of aliphatic hydroxyl groups is 2. The molecule has 1 amide bonds. The average Bonchev–Trinajstić information content (AvgIpc) is 3.01. The molecule has 1 aliphatic rings. The number of rotatable bonds is 13. The molecule has 1 fully saturated rings. The van der Waals surface area contributed by atoms with Crippen LogP contribution in [-0.4, -0.2) is 52.2 Å². The van der Waals surface area contributed by atoms with Gasteiger partial charge in [-0.15, -0.1) is 0 Å². The number of ether oxygens (including phenoxy) is 1. The van der Waals surface area contributed by atoms with Crippen molar-refractivity contribution in [2.24, 2.45) is 0 Å². The zero-order valence-electron chi connectivity index (χ0n) is 18.1. The first-order valence-electron chi connectivity index (χ1n) is 11.0. The summed E-state index contributed by atoms with van der Waals surface area (Å²) in [5, 5.41) is 22.9. The summed E-state index contributed by atoms with van der Waals surface area (Å²) >= 11 is 0. The number of ketones is 1. The topological polar surface area (TPSA) is 113 Å². The fourth-order valence-corrected chi connectivity index (χ4v) is 3.58. The summed E-state index contributed by atoms with van der Waals surface area (Å²) in [5.41, 5.74) is -1.60. The lowest BCUT2D eigenvalue weighted by atomic mass is 9.90. The molecule has 0 saturated carbocycles. The second-order valence-electron chi connectivity index (χ2n) is 7.93. The van der Waals surface area contributed by atoms with Crippen LogP contribution in [0, 0.1) is 0 Å². The second-order valence-corrected chi connectivity index (χ2v) is 7.93. The van der Waals surface area contributed by atoms with Crippen molar-refractivity contribution >= 4 is 17.7 Å². The lowest BCUT2D eigenvalue weighted by molar-refractivity contribution is -0.147. The van der Waals surface area contributed by atoms with Gasteiger partial charge in [0.25, 0.3) is 5.91 Å². The van der Waals surface area contributed by atoms with E-state index in [2.05, 4.69) is 12.2 Å². The maximum absolute atomic E-state index is 12.4. The highest BCUT2D eigenvalue weighted by molar-refractivity contribution is 5.99. The lowest BCUT2D eigenvalue weighted by Crippen LogP contribution is -2.62. The van der Waals surface area contributed by atoms with Crippen molar-refractivity contribution in [3.8, 4) is 0 Å². The third kappa shape index (κ3) is 6.74. The minimum atomic E-state index is -1.90. The fourth-order valence-electron chi connectivity index (χ4n) is 3.58. The Morgan fingerprint density at radius 1 is 1.13 bits per heavy atom. The number of amides is 1. The number of Topliss-reactive ketones (excluding diaryl/α,β-unsaturated/α-hetero) is 1. The molecule has 2 unspecified atom stereocenters. The van der Waals surface area contributed by atoms with Gasteiger partial charge in [0.05, 0.1) is 6.61 Å². The maximum atomic E-state index is 12.4. The van der Waals surface area contributed by atoms with Crippen LogP contribution < -0.4 is 5.32 Å². The molecule has 31 heavy (non-hydrogen) atoms. The molecule has 0 spiro atoms. The van der Waals surface area contributed by atoms with E-state index in [9.17, 15) is 24.6 Å². The molecule has 1 heterocycles. The van der Waals surface area contributed by atoms with E-state index in [1.807, 2.05) is 6.08 Å². The third-order valence-electron chi connectivity index (χ3n) is 5.54. The summed E-state index contributed by atoms with van der Waals surface area (Å²) in [5.74, 6) is -1.22. The van der Waals surface area contributed by atoms with E-state index in [1.165, 1.54) is 0 Å². The quantitative estimate of drug-likeness (QED) is 0.251. The van der Waals surface area contributed by atoms with Crippen LogP contribution in [0.5, 0.6) is 0 Å². The average molecular weight is 432 g/mol. The fraction of sp³-hybridized carbons (Fsp3) is 0.542. The first-order chi connectivity index (χ1) is 14.9. The number of unbranched alkanes of at least 4 members (excludes halogenated alkanes) is 3. The van der Waals surface area contributed by atoms with Crippen LogP contribution in [0.3, 0.4) is 0 Å². The Morgan fingerprint density at radius 3 is 2.55 bits per heavy atom. The molecule has 0 aliphatic carbocycles. The molecule has 3 N–H and O–H groups in total. The Bertz CT molecular complexity index is 763. The number of cyclic esters (lactones) is 1. The number of hydrogen-bond donors (Lipinski definition) is 3. The second kappa shape index (κ2) is 12.4. The van der Waals surface area contributed by atoms with Crippen LogP contribution in [0.4, 0.5) is 0 Å². The molecular formula is C24H33NO6. The molecule has 0 bridgehead atoms. The summed E-state index contributed by atoms with van der Waals surface area (Å²) in [6, 6.07) is 8.23. The van der Waals surface area contributed by atoms with E-state index in [1.54, 1.807) is 36.4 Å². The number of esters is 1. The minimum Gasteiger partial charge on any atom is -0.457 e. The van der Waals surface area contributed by atoms with E-state index < -0.39 is 36.2 Å². The van der Waals surface area contributed by atoms with Crippen molar-refractivity contribution in [3.63, 3.8) is 0 Å². The Kier molecular flexibility index (Phi) is 9.88. The van der Waals surface area contributed by atoms with Gasteiger partial charge in [-0.2, -0.15) is 0 Å². The smallest absolute Gasteiger partial charge is 0.337 e. The van der Waals surface area contributed by atoms with Crippen LogP contribution in [0.1, 0.15) is 68.6 Å². The lowest BCUT2D eigenvalue weighted by Gasteiger charge is -2.28. The van der Waals surface area contributed by atoms with Gasteiger partial charge in [-0.05, 0) is 25.0 Å². The molecule has 1 aromatic rings. The number of benzene rings is 1. The molecular weight excluding hydrogens is 398 g/mol. The molecule has 170 valence electrons. The molecule has 7 nitrogen and oxygen atoms in total. The number of nitrogens with one attached hydrogen (secondary N) is 1. The first-order valence-corrected chi connectivity index (χ1v) is 11.0. The number of aliphatic hydroxyl groups excluding tert-OH is 2. The first kappa shape index (κ1) is 24.8. The molecule has 7 heteroatoms. The Hall–Kier alpha value is -2.51. The Labute approximate surface area is 183 Å². The van der Waals surface area contributed by atoms with Gasteiger partial charge in [-0.1, -0.05) is 56.5 Å². The monoisotopic (exact) mass is 431 g/mol. The molecule has 1 saturated heterocycles. The Morgan fingerprint density at radius 2 is 1.87 bits per heavy atom. The third-order valence-corrected chi connectivity index (χ3v) is 5.54. The Balaban J connectivity index is 1.84. The van der Waals surface area contributed by atoms with Gasteiger partial charge < -0.3 is 20.3 Å². The zero-order valence-corrected chi connectivity index (χ0v) is 18.1. The summed E-state index contributed by atoms with van der Waals surface area (Å²) in [4.78, 5) is 36.7. The predicted octanol–water partition coefficient (Wildman–Crippen LogP) is 2.70. The summed E-state index contributed by atoms with van der Waals surface area (Å²) in [6.07, 6.45) is 7.45. The highest BCUT2D eigenvalue weighted by Crippen LogP contribution is 2.29. The van der Waals surface area contributed by atoms with Crippen molar-refractivity contribution in [3.05, 3.63) is 48.0 Å². The van der Waals surface area contributed by atoms with Crippen molar-refractivity contribution in [1.82, 2.24) is 5.32 Å². The van der Waals surface area contributed by atoms with E-state index in [-0.39, 0.29) is 12.2 Å². The molecule has 2 rings (SSSR count). The standard InChI is InChI=1S/C24H33NO6/c1-2-3-4-9-14-19(27)15-10-6-11-16-20-21(28)24(17-26,23(30)31-20)25-22(29)18-12-7-5-8-13-18/h5-8,11-13,20-21,26,28H,2-4,9-10,14-17H2,1H3,(H,25,29)/b11-6+/t20-,21?,24?/m1/s1. The minimum absolute atomic E-state index is 0.223. The van der Waals surface area contributed by atoms with Crippen LogP contribution in [0.25, 0.3) is 0 Å². The summed E-state index contributed by atoms with van der Waals surface area (Å²) in [7, 11) is 0. The van der Waals surface area contributed by atoms with Crippen molar-refractivity contribution < 1.29 is 29.3 Å². The van der Waals surface area contributed by atoms with Gasteiger partial charge in [0, 0.05) is 24.8 Å². The SMILES string of the molecule is CCCCCCC(=O)CC/C=C/C[C@H]1OC(=O)C(CO)(NC(=O)c2ccccc2)C1O. The van der Waals surface area contributed by atoms with E-state index in [0.717, 1.165) is 25.7 Å². The predicted molar refractivity (Wildman–Crippen MR) is 116 cm³/mol. The normalized spacial score (nSPS) is 23.1. The van der Waals surface area contributed by atoms with Gasteiger partial charge >= 0.3 is 5.97 Å². The summed E-state index contributed by atoms with van der Waals surface area (Å²) in [6.45, 7) is 1.35. The zero-order chi connectivity index (χ0) is 22.7. The van der Waals surface area contributed by atoms with Gasteiger partial charge in [0.15, 0.2) is 5.54 Å². The van der Waals surface area contributed by atoms with Crippen molar-refractivity contribution in [1.29, 1.82) is 0 Å². The highest BCUT2D eigenvalue weighted by atomic mass is 16.6. The molecule has 1 aromatic carbocycles. The van der Waals surface area contributed by atoms with Crippen LogP contribution >= 0.6 is 0 Å². The molecule has 3 atom stereocenters. The van der Waals surface area contributed by atoms with Crippen molar-refractivity contribution in [2.45, 2.75) is 76.0 Å². The van der Waals surface area contributed by atoms with Crippen LogP contribution in [-0.2, 0) is 14.3 Å². The van der Waals surface area contributed by atoms with Gasteiger partial charge in [-0.25, -0.2) is 4.79 Å². The van der Waals surface area contributed by atoms with Gasteiger partial charge in [0.2, 0.25) is 0 Å². The number of allylic oxidation sites excluding steroid dienone is 1. The number of carbonyl (C=O) groups excluding carboxylic acids is 3.